The van der Waals surface area contributed by atoms with E-state index in [4.69, 9.17) is 4.42 Å². The third-order valence-corrected chi connectivity index (χ3v) is 12.7. The molecule has 0 fully saturated rings. The Morgan fingerprint density at radius 1 is 0.732 bits per heavy atom. The molecule has 2 nitrogen and oxygen atoms in total. The Balaban J connectivity index is 1.23. The summed E-state index contributed by atoms with van der Waals surface area (Å²) >= 11 is 0. The molecule has 2 aliphatic rings. The van der Waals surface area contributed by atoms with Gasteiger partial charge in [0.1, 0.15) is 11.3 Å². The van der Waals surface area contributed by atoms with E-state index in [0.717, 1.165) is 43.4 Å². The molecule has 2 aliphatic carbocycles. The van der Waals surface area contributed by atoms with E-state index in [9.17, 15) is 0 Å². The summed E-state index contributed by atoms with van der Waals surface area (Å²) in [7, 11) is 0. The minimum atomic E-state index is -0.130. The first-order valence-corrected chi connectivity index (χ1v) is 20.9. The van der Waals surface area contributed by atoms with Crippen LogP contribution in [0, 0.1) is 0 Å². The Hall–Kier alpha value is -5.34. The van der Waals surface area contributed by atoms with Crippen LogP contribution in [0.1, 0.15) is 119 Å². The molecule has 1 heterocycles. The smallest absolute Gasteiger partial charge is 0.135 e. The summed E-state index contributed by atoms with van der Waals surface area (Å²) in [6, 6.07) is 38.9. The topological polar surface area (TPSA) is 16.4 Å². The lowest BCUT2D eigenvalue weighted by molar-refractivity contribution is 0.597. The molecule has 1 atom stereocenters. The lowest BCUT2D eigenvalue weighted by Gasteiger charge is -2.38. The van der Waals surface area contributed by atoms with Crippen LogP contribution in [0.3, 0.4) is 0 Å². The molecule has 0 radical (unpaired) electrons. The van der Waals surface area contributed by atoms with Gasteiger partial charge in [-0.3, -0.25) is 0 Å². The molecule has 0 saturated heterocycles. The van der Waals surface area contributed by atoms with E-state index < -0.39 is 0 Å². The highest BCUT2D eigenvalue weighted by molar-refractivity contribution is 5.86. The second kappa shape index (κ2) is 15.0. The molecular weight excluding hydrogens is 679 g/mol. The van der Waals surface area contributed by atoms with Gasteiger partial charge in [0, 0.05) is 45.3 Å². The first-order valence-electron chi connectivity index (χ1n) is 20.9. The minimum Gasteiger partial charge on any atom is -0.456 e. The van der Waals surface area contributed by atoms with E-state index in [-0.39, 0.29) is 16.9 Å². The van der Waals surface area contributed by atoms with Crippen molar-refractivity contribution in [1.29, 1.82) is 0 Å². The molecule has 8 rings (SSSR count). The average Bonchev–Trinajstić information content (AvgIpc) is 3.67. The summed E-state index contributed by atoms with van der Waals surface area (Å²) < 4.78 is 6.54. The zero-order valence-electron chi connectivity index (χ0n) is 34.7. The summed E-state index contributed by atoms with van der Waals surface area (Å²) in [6.07, 6.45) is 16.2. The molecular formula is C54H57NO. The Morgan fingerprint density at radius 3 is 2.27 bits per heavy atom. The minimum absolute atomic E-state index is 0.0160. The van der Waals surface area contributed by atoms with E-state index in [0.29, 0.717) is 0 Å². The molecule has 0 N–H and O–H groups in total. The highest BCUT2D eigenvalue weighted by Gasteiger charge is 2.40. The van der Waals surface area contributed by atoms with Crippen LogP contribution >= 0.6 is 0 Å². The number of aryl methyl sites for hydroxylation is 1. The number of hydrogen-bond donors (Lipinski definition) is 0. The predicted molar refractivity (Wildman–Crippen MR) is 240 cm³/mol. The van der Waals surface area contributed by atoms with Crippen molar-refractivity contribution in [3.8, 4) is 22.3 Å². The lowest BCUT2D eigenvalue weighted by atomic mass is 9.66. The number of furan rings is 1. The maximum absolute atomic E-state index is 6.54. The maximum Gasteiger partial charge on any atom is 0.135 e. The Bertz CT molecular complexity index is 2520. The number of rotatable bonds is 11. The first kappa shape index (κ1) is 37.6. The average molecular weight is 736 g/mol. The largest absolute Gasteiger partial charge is 0.456 e. The third-order valence-electron chi connectivity index (χ3n) is 12.7. The number of unbranched alkanes of at least 4 members (excludes halogenated alkanes) is 1. The van der Waals surface area contributed by atoms with Gasteiger partial charge in [-0.15, -0.1) is 0 Å². The van der Waals surface area contributed by atoms with Crippen LogP contribution in [-0.2, 0) is 23.7 Å². The summed E-state index contributed by atoms with van der Waals surface area (Å²) in [5.41, 5.74) is 18.5. The Morgan fingerprint density at radius 2 is 1.46 bits per heavy atom. The number of hydrogen-bond acceptors (Lipinski definition) is 2. The molecule has 1 unspecified atom stereocenters. The van der Waals surface area contributed by atoms with Gasteiger partial charge in [-0.25, -0.2) is 0 Å². The first-order chi connectivity index (χ1) is 27.1. The van der Waals surface area contributed by atoms with Gasteiger partial charge in [0.2, 0.25) is 0 Å². The van der Waals surface area contributed by atoms with Crippen LogP contribution in [0.4, 0.5) is 5.69 Å². The van der Waals surface area contributed by atoms with Gasteiger partial charge in [-0.2, -0.15) is 0 Å². The van der Waals surface area contributed by atoms with E-state index in [1.54, 1.807) is 0 Å². The molecule has 2 heteroatoms. The molecule has 0 aliphatic heterocycles. The standard InChI is InChI=1S/C54H57NO/c1-9-12-13-14-15-22-36(4)55(39(10-2)34-52-41(11-3)44-26-17-19-30-51(44)56-52)40-24-20-23-37(31-40)42-27-21-29-48-45(42)32-38-33-46-43-25-16-18-28-47(43)54(7,8)50(46)35-49(38)53(48,5)6/h13-31,33-36H,9-12,32H2,1-8H3/b14-13-,22-15-,39-34+. The quantitative estimate of drug-likeness (QED) is 0.123. The fourth-order valence-electron chi connectivity index (χ4n) is 9.72. The molecule has 0 amide bonds. The van der Waals surface area contributed by atoms with Crippen molar-refractivity contribution in [2.24, 2.45) is 0 Å². The van der Waals surface area contributed by atoms with Crippen LogP contribution < -0.4 is 4.90 Å². The summed E-state index contributed by atoms with van der Waals surface area (Å²) in [5, 5.41) is 1.20. The van der Waals surface area contributed by atoms with Crippen molar-refractivity contribution >= 4 is 22.7 Å². The van der Waals surface area contributed by atoms with Crippen molar-refractivity contribution in [2.75, 3.05) is 4.90 Å². The van der Waals surface area contributed by atoms with Gasteiger partial charge in [0.15, 0.2) is 0 Å². The summed E-state index contributed by atoms with van der Waals surface area (Å²) in [4.78, 5) is 2.51. The summed E-state index contributed by atoms with van der Waals surface area (Å²) in [6.45, 7) is 18.7. The van der Waals surface area contributed by atoms with Crippen LogP contribution in [0.2, 0.25) is 0 Å². The Labute approximate surface area is 335 Å². The molecule has 56 heavy (non-hydrogen) atoms. The number of benzene rings is 5. The van der Waals surface area contributed by atoms with Crippen molar-refractivity contribution < 1.29 is 4.42 Å². The normalized spacial score (nSPS) is 15.9. The van der Waals surface area contributed by atoms with Crippen LogP contribution in [0.15, 0.2) is 138 Å². The van der Waals surface area contributed by atoms with Gasteiger partial charge in [0.05, 0.1) is 0 Å². The number of nitrogens with zero attached hydrogens (tertiary/aromatic N) is 1. The highest BCUT2D eigenvalue weighted by atomic mass is 16.3. The molecule has 284 valence electrons. The van der Waals surface area contributed by atoms with Crippen molar-refractivity contribution in [2.45, 2.75) is 104 Å². The highest BCUT2D eigenvalue weighted by Crippen LogP contribution is 2.53. The number of allylic oxidation sites excluding steroid dienone is 4. The molecule has 0 bridgehead atoms. The summed E-state index contributed by atoms with van der Waals surface area (Å²) in [5.74, 6) is 0.959. The molecule has 6 aromatic rings. The SMILES string of the molecule is CCC/C=C\C=C/C(C)N(/C(=C/c1oc2ccccc2c1CC)CC)c1cccc(-c2cccc3c2Cc2cc4c(cc2C3(C)C)C(C)(C)c2ccccc2-4)c1. The van der Waals surface area contributed by atoms with E-state index in [1.807, 2.05) is 0 Å². The van der Waals surface area contributed by atoms with E-state index in [2.05, 4.69) is 194 Å². The monoisotopic (exact) mass is 735 g/mol. The second-order valence-corrected chi connectivity index (χ2v) is 16.9. The maximum atomic E-state index is 6.54. The van der Waals surface area contributed by atoms with Gasteiger partial charge in [-0.05, 0) is 106 Å². The van der Waals surface area contributed by atoms with E-state index in [1.165, 1.54) is 78.0 Å². The second-order valence-electron chi connectivity index (χ2n) is 16.9. The van der Waals surface area contributed by atoms with Crippen molar-refractivity contribution in [3.63, 3.8) is 0 Å². The van der Waals surface area contributed by atoms with Gasteiger partial charge < -0.3 is 9.32 Å². The zero-order chi connectivity index (χ0) is 39.2. The van der Waals surface area contributed by atoms with Gasteiger partial charge >= 0.3 is 0 Å². The van der Waals surface area contributed by atoms with Gasteiger partial charge in [0.25, 0.3) is 0 Å². The Kier molecular flexibility index (Phi) is 10.0. The van der Waals surface area contributed by atoms with Crippen LogP contribution in [0.25, 0.3) is 39.3 Å². The van der Waals surface area contributed by atoms with Crippen LogP contribution in [-0.4, -0.2) is 6.04 Å². The zero-order valence-corrected chi connectivity index (χ0v) is 34.7. The fraction of sp³-hybridized carbons (Fsp3) is 0.296. The predicted octanol–water partition coefficient (Wildman–Crippen LogP) is 14.8. The molecule has 0 saturated carbocycles. The van der Waals surface area contributed by atoms with Crippen molar-refractivity contribution in [3.05, 3.63) is 178 Å². The van der Waals surface area contributed by atoms with Crippen molar-refractivity contribution in [1.82, 2.24) is 0 Å². The molecule has 5 aromatic carbocycles. The number of anilines is 1. The van der Waals surface area contributed by atoms with Crippen LogP contribution in [0.5, 0.6) is 0 Å². The molecule has 1 aromatic heterocycles. The van der Waals surface area contributed by atoms with Gasteiger partial charge in [-0.1, -0.05) is 164 Å². The van der Waals surface area contributed by atoms with E-state index >= 15 is 0 Å². The lowest BCUT2D eigenvalue weighted by Crippen LogP contribution is -2.31. The molecule has 0 spiro atoms. The number of fused-ring (bicyclic) bond motifs is 6. The third kappa shape index (κ3) is 6.38. The number of para-hydroxylation sites is 1. The fourth-order valence-corrected chi connectivity index (χ4v) is 9.72.